The molecule has 3 N–H and O–H groups in total. The number of pyridine rings is 1. The summed E-state index contributed by atoms with van der Waals surface area (Å²) in [5.74, 6) is 3.16. The van der Waals surface area contributed by atoms with E-state index in [0.29, 0.717) is 23.6 Å². The van der Waals surface area contributed by atoms with Crippen LogP contribution in [0, 0.1) is 11.8 Å². The van der Waals surface area contributed by atoms with E-state index in [-0.39, 0.29) is 31.2 Å². The summed E-state index contributed by atoms with van der Waals surface area (Å²) in [6, 6.07) is 5.04. The third-order valence-electron chi connectivity index (χ3n) is 3.90. The molecule has 1 saturated heterocycles. The lowest BCUT2D eigenvalue weighted by molar-refractivity contribution is -0.129. The smallest absolute Gasteiger partial charge is 0.272 e. The Labute approximate surface area is 149 Å². The minimum atomic E-state index is -2.60. The van der Waals surface area contributed by atoms with E-state index in [4.69, 9.17) is 5.73 Å². The van der Waals surface area contributed by atoms with E-state index >= 15 is 0 Å². The summed E-state index contributed by atoms with van der Waals surface area (Å²) in [6.45, 7) is 0.132. The van der Waals surface area contributed by atoms with Crippen molar-refractivity contribution in [2.24, 2.45) is 7.05 Å². The first-order valence-corrected chi connectivity index (χ1v) is 7.99. The number of nitrogens with two attached hydrogens (primary N) is 1. The predicted octanol–water partition coefficient (Wildman–Crippen LogP) is 0.478. The number of amides is 1. The van der Waals surface area contributed by atoms with Crippen LogP contribution in [0.2, 0.25) is 0 Å². The van der Waals surface area contributed by atoms with Gasteiger partial charge in [-0.05, 0) is 18.1 Å². The molecule has 0 aliphatic carbocycles. The maximum atomic E-state index is 12.7. The van der Waals surface area contributed by atoms with Gasteiger partial charge in [0, 0.05) is 32.4 Å². The molecule has 7 nitrogen and oxygen atoms in total. The Balaban J connectivity index is 1.58. The number of anilines is 1. The highest BCUT2D eigenvalue weighted by molar-refractivity contribution is 5.92. The van der Waals surface area contributed by atoms with Crippen molar-refractivity contribution in [3.05, 3.63) is 41.3 Å². The Morgan fingerprint density at radius 1 is 1.42 bits per heavy atom. The van der Waals surface area contributed by atoms with E-state index in [2.05, 4.69) is 27.2 Å². The van der Waals surface area contributed by atoms with Crippen molar-refractivity contribution >= 4 is 11.7 Å². The lowest BCUT2D eigenvalue weighted by Crippen LogP contribution is -2.57. The first-order chi connectivity index (χ1) is 12.3. The number of carbonyl (C=O) groups excluding carboxylic acids is 1. The predicted molar refractivity (Wildman–Crippen MR) is 91.6 cm³/mol. The first kappa shape index (κ1) is 17.8. The number of nitrogens with one attached hydrogen (secondary N) is 1. The molecule has 3 heterocycles. The Morgan fingerprint density at radius 2 is 2.19 bits per heavy atom. The fraction of sp³-hybridized carbons (Fsp3) is 0.353. The van der Waals surface area contributed by atoms with Crippen LogP contribution in [0.4, 0.5) is 14.6 Å². The minimum Gasteiger partial charge on any atom is -0.383 e. The number of rotatable bonds is 4. The molecule has 0 unspecified atom stereocenters. The lowest BCUT2D eigenvalue weighted by atomic mass is 10.1. The Bertz CT molecular complexity index is 875. The summed E-state index contributed by atoms with van der Waals surface area (Å²) in [6.07, 6.45) is 1.58. The van der Waals surface area contributed by atoms with Gasteiger partial charge < -0.3 is 11.1 Å². The summed E-state index contributed by atoms with van der Waals surface area (Å²) in [5.41, 5.74) is 7.08. The van der Waals surface area contributed by atoms with Gasteiger partial charge in [-0.15, -0.1) is 0 Å². The van der Waals surface area contributed by atoms with Crippen molar-refractivity contribution < 1.29 is 13.6 Å². The first-order valence-electron chi connectivity index (χ1n) is 7.99. The molecule has 0 spiro atoms. The summed E-state index contributed by atoms with van der Waals surface area (Å²) < 4.78 is 27.0. The zero-order chi connectivity index (χ0) is 18.7. The van der Waals surface area contributed by atoms with Gasteiger partial charge in [0.15, 0.2) is 5.69 Å². The molecule has 0 atom stereocenters. The van der Waals surface area contributed by atoms with Crippen molar-refractivity contribution in [3.63, 3.8) is 0 Å². The largest absolute Gasteiger partial charge is 0.383 e. The maximum Gasteiger partial charge on any atom is 0.272 e. The van der Waals surface area contributed by atoms with Crippen LogP contribution in [0.25, 0.3) is 0 Å². The summed E-state index contributed by atoms with van der Waals surface area (Å²) in [5, 5.41) is 6.79. The minimum absolute atomic E-state index is 0.213. The van der Waals surface area contributed by atoms with Gasteiger partial charge in [-0.2, -0.15) is 5.10 Å². The zero-order valence-electron chi connectivity index (χ0n) is 14.2. The standard InChI is InChI=1S/C17H18F2N6O/c1-24-13(5-4-12-3-2-6-21-15(12)20)9-14(23-24)16(26)22-7-8-25-10-17(18,19)11-25/h2-3,6,9H,7-8,10-11H2,1H3,(H2,20,21)(H,22,26). The number of aryl methyl sites for hydroxylation is 1. The molecule has 1 fully saturated rings. The molecule has 0 aromatic carbocycles. The van der Waals surface area contributed by atoms with Crippen molar-refractivity contribution in [3.8, 4) is 11.8 Å². The molecule has 0 saturated carbocycles. The average Bonchev–Trinajstić information content (AvgIpc) is 2.93. The topological polar surface area (TPSA) is 89.1 Å². The molecule has 0 radical (unpaired) electrons. The van der Waals surface area contributed by atoms with Crippen molar-refractivity contribution in [2.45, 2.75) is 5.92 Å². The Hall–Kier alpha value is -2.99. The number of hydrogen-bond donors (Lipinski definition) is 2. The molecule has 136 valence electrons. The SMILES string of the molecule is Cn1nc(C(=O)NCCN2CC(F)(F)C2)cc1C#Cc1cccnc1N. The molecular weight excluding hydrogens is 342 g/mol. The Kier molecular flexibility index (Phi) is 4.86. The number of nitrogen functional groups attached to an aromatic ring is 1. The van der Waals surface area contributed by atoms with Crippen molar-refractivity contribution in [1.29, 1.82) is 0 Å². The van der Waals surface area contributed by atoms with Crippen molar-refractivity contribution in [2.75, 3.05) is 31.9 Å². The van der Waals surface area contributed by atoms with Gasteiger partial charge in [-0.1, -0.05) is 5.92 Å². The normalized spacial score (nSPS) is 15.7. The van der Waals surface area contributed by atoms with E-state index in [9.17, 15) is 13.6 Å². The second-order valence-electron chi connectivity index (χ2n) is 6.05. The van der Waals surface area contributed by atoms with Crippen LogP contribution < -0.4 is 11.1 Å². The molecule has 1 aliphatic heterocycles. The average molecular weight is 360 g/mol. The van der Waals surface area contributed by atoms with Crippen molar-refractivity contribution in [1.82, 2.24) is 25.0 Å². The molecule has 3 rings (SSSR count). The quantitative estimate of drug-likeness (QED) is 0.774. The maximum absolute atomic E-state index is 12.7. The van der Waals surface area contributed by atoms with Gasteiger partial charge in [0.05, 0.1) is 18.7 Å². The number of nitrogens with zero attached hydrogens (tertiary/aromatic N) is 4. The highest BCUT2D eigenvalue weighted by Gasteiger charge is 2.43. The highest BCUT2D eigenvalue weighted by Crippen LogP contribution is 2.25. The van der Waals surface area contributed by atoms with Gasteiger partial charge in [-0.3, -0.25) is 14.4 Å². The van der Waals surface area contributed by atoms with E-state index in [0.717, 1.165) is 0 Å². The molecule has 26 heavy (non-hydrogen) atoms. The second-order valence-corrected chi connectivity index (χ2v) is 6.05. The molecular formula is C17H18F2N6O. The van der Waals surface area contributed by atoms with Gasteiger partial charge >= 0.3 is 0 Å². The van der Waals surface area contributed by atoms with Crippen LogP contribution in [0.3, 0.4) is 0 Å². The summed E-state index contributed by atoms with van der Waals surface area (Å²) >= 11 is 0. The fourth-order valence-electron chi connectivity index (χ4n) is 2.53. The van der Waals surface area contributed by atoms with Crippen LogP contribution in [0.1, 0.15) is 21.7 Å². The molecule has 2 aromatic rings. The number of halogens is 2. The fourth-order valence-corrected chi connectivity index (χ4v) is 2.53. The van der Waals surface area contributed by atoms with E-state index < -0.39 is 5.92 Å². The monoisotopic (exact) mass is 360 g/mol. The lowest BCUT2D eigenvalue weighted by Gasteiger charge is -2.38. The third-order valence-corrected chi connectivity index (χ3v) is 3.90. The van der Waals surface area contributed by atoms with E-state index in [1.54, 1.807) is 36.3 Å². The Morgan fingerprint density at radius 3 is 2.88 bits per heavy atom. The van der Waals surface area contributed by atoms with E-state index in [1.165, 1.54) is 4.68 Å². The molecule has 2 aromatic heterocycles. The number of hydrogen-bond acceptors (Lipinski definition) is 5. The molecule has 1 amide bonds. The van der Waals surface area contributed by atoms with Gasteiger partial charge in [0.25, 0.3) is 11.8 Å². The second kappa shape index (κ2) is 7.09. The van der Waals surface area contributed by atoms with Crippen LogP contribution in [-0.4, -0.2) is 57.7 Å². The summed E-state index contributed by atoms with van der Waals surface area (Å²) in [4.78, 5) is 17.7. The number of likely N-dealkylation sites (tertiary alicyclic amines) is 1. The number of aromatic nitrogens is 3. The zero-order valence-corrected chi connectivity index (χ0v) is 14.2. The third kappa shape index (κ3) is 4.15. The van der Waals surface area contributed by atoms with Crippen LogP contribution >= 0.6 is 0 Å². The molecule has 9 heteroatoms. The molecule has 0 bridgehead atoms. The highest BCUT2D eigenvalue weighted by atomic mass is 19.3. The van der Waals surface area contributed by atoms with Crippen LogP contribution in [-0.2, 0) is 7.05 Å². The van der Waals surface area contributed by atoms with Gasteiger partial charge in [-0.25, -0.2) is 13.8 Å². The van der Waals surface area contributed by atoms with Gasteiger partial charge in [0.2, 0.25) is 0 Å². The van der Waals surface area contributed by atoms with Crippen LogP contribution in [0.5, 0.6) is 0 Å². The number of carbonyl (C=O) groups is 1. The van der Waals surface area contributed by atoms with Gasteiger partial charge in [0.1, 0.15) is 11.5 Å². The molecule has 1 aliphatic rings. The number of alkyl halides is 2. The van der Waals surface area contributed by atoms with E-state index in [1.807, 2.05) is 0 Å². The van der Waals surface area contributed by atoms with Crippen LogP contribution in [0.15, 0.2) is 24.4 Å². The summed E-state index contributed by atoms with van der Waals surface area (Å²) in [7, 11) is 1.68.